The van der Waals surface area contributed by atoms with Crippen molar-refractivity contribution in [1.29, 1.82) is 0 Å². The van der Waals surface area contributed by atoms with Crippen LogP contribution in [0.1, 0.15) is 11.1 Å². The minimum Gasteiger partial charge on any atom is -0.507 e. The Hall–Kier alpha value is -1.72. The minimum atomic E-state index is 0.254. The summed E-state index contributed by atoms with van der Waals surface area (Å²) >= 11 is 3.31. The Labute approximate surface area is 125 Å². The number of hydrogen-bond donors (Lipinski definition) is 2. The van der Waals surface area contributed by atoms with Crippen LogP contribution in [0.3, 0.4) is 0 Å². The van der Waals surface area contributed by atoms with Gasteiger partial charge in [0.25, 0.3) is 0 Å². The first-order chi connectivity index (χ1) is 9.72. The maximum Gasteiger partial charge on any atom is 0.231 e. The summed E-state index contributed by atoms with van der Waals surface area (Å²) in [6, 6.07) is 11.4. The maximum absolute atomic E-state index is 9.44. The second-order valence-corrected chi connectivity index (χ2v) is 5.43. The standard InChI is InChI=1S/C15H14BrNO3/c16-12-5-10(1-3-13(12)18)7-17-8-11-2-4-14-15(6-11)20-9-19-14/h1-6,17-18H,7-9H2. The molecule has 2 aromatic rings. The average molecular weight is 336 g/mol. The maximum atomic E-state index is 9.44. The van der Waals surface area contributed by atoms with Crippen molar-refractivity contribution in [1.82, 2.24) is 5.32 Å². The van der Waals surface area contributed by atoms with Gasteiger partial charge >= 0.3 is 0 Å². The number of hydrogen-bond acceptors (Lipinski definition) is 4. The molecule has 0 saturated heterocycles. The van der Waals surface area contributed by atoms with Crippen molar-refractivity contribution < 1.29 is 14.6 Å². The summed E-state index contributed by atoms with van der Waals surface area (Å²) in [5.74, 6) is 1.86. The first kappa shape index (κ1) is 13.3. The number of benzene rings is 2. The topological polar surface area (TPSA) is 50.7 Å². The summed E-state index contributed by atoms with van der Waals surface area (Å²) in [4.78, 5) is 0. The predicted octanol–water partition coefficient (Wildman–Crippen LogP) is 3.17. The highest BCUT2D eigenvalue weighted by Crippen LogP contribution is 2.32. The van der Waals surface area contributed by atoms with Crippen molar-refractivity contribution in [3.63, 3.8) is 0 Å². The SMILES string of the molecule is Oc1ccc(CNCc2ccc3c(c2)OCO3)cc1Br. The van der Waals surface area contributed by atoms with Crippen LogP contribution in [0.4, 0.5) is 0 Å². The highest BCUT2D eigenvalue weighted by molar-refractivity contribution is 9.10. The van der Waals surface area contributed by atoms with E-state index in [9.17, 15) is 5.11 Å². The number of phenols is 1. The lowest BCUT2D eigenvalue weighted by atomic mass is 10.2. The van der Waals surface area contributed by atoms with Crippen LogP contribution < -0.4 is 14.8 Å². The highest BCUT2D eigenvalue weighted by Gasteiger charge is 2.12. The summed E-state index contributed by atoms with van der Waals surface area (Å²) in [7, 11) is 0. The summed E-state index contributed by atoms with van der Waals surface area (Å²) in [5, 5.41) is 12.8. The van der Waals surface area contributed by atoms with E-state index in [1.807, 2.05) is 30.3 Å². The molecule has 2 N–H and O–H groups in total. The molecule has 104 valence electrons. The quantitative estimate of drug-likeness (QED) is 0.901. The van der Waals surface area contributed by atoms with E-state index >= 15 is 0 Å². The molecule has 0 unspecified atom stereocenters. The molecule has 0 fully saturated rings. The van der Waals surface area contributed by atoms with Crippen molar-refractivity contribution in [3.05, 3.63) is 52.0 Å². The second-order valence-electron chi connectivity index (χ2n) is 4.58. The Balaban J connectivity index is 1.58. The van der Waals surface area contributed by atoms with Crippen LogP contribution in [0.5, 0.6) is 17.2 Å². The van der Waals surface area contributed by atoms with E-state index in [0.717, 1.165) is 35.7 Å². The van der Waals surface area contributed by atoms with Crippen LogP contribution in [0, 0.1) is 0 Å². The third-order valence-electron chi connectivity index (χ3n) is 3.11. The summed E-state index contributed by atoms with van der Waals surface area (Å²) < 4.78 is 11.3. The van der Waals surface area contributed by atoms with E-state index in [-0.39, 0.29) is 5.75 Å². The van der Waals surface area contributed by atoms with Gasteiger partial charge in [0.05, 0.1) is 4.47 Å². The van der Waals surface area contributed by atoms with Gasteiger partial charge in [0.15, 0.2) is 11.5 Å². The summed E-state index contributed by atoms with van der Waals surface area (Å²) in [6.07, 6.45) is 0. The highest BCUT2D eigenvalue weighted by atomic mass is 79.9. The molecule has 3 rings (SSSR count). The minimum absolute atomic E-state index is 0.254. The first-order valence-electron chi connectivity index (χ1n) is 6.29. The van der Waals surface area contributed by atoms with Gasteiger partial charge in [0, 0.05) is 13.1 Å². The molecule has 1 aliphatic rings. The fourth-order valence-electron chi connectivity index (χ4n) is 2.06. The van der Waals surface area contributed by atoms with Gasteiger partial charge in [-0.2, -0.15) is 0 Å². The normalized spacial score (nSPS) is 12.7. The largest absolute Gasteiger partial charge is 0.507 e. The Morgan fingerprint density at radius 3 is 2.50 bits per heavy atom. The van der Waals surface area contributed by atoms with Gasteiger partial charge in [-0.05, 0) is 51.3 Å². The van der Waals surface area contributed by atoms with E-state index in [0.29, 0.717) is 11.3 Å². The molecule has 1 heterocycles. The molecule has 4 nitrogen and oxygen atoms in total. The monoisotopic (exact) mass is 335 g/mol. The molecule has 5 heteroatoms. The zero-order valence-electron chi connectivity index (χ0n) is 10.7. The van der Waals surface area contributed by atoms with E-state index in [1.54, 1.807) is 6.07 Å². The molecule has 20 heavy (non-hydrogen) atoms. The van der Waals surface area contributed by atoms with Crippen molar-refractivity contribution >= 4 is 15.9 Å². The number of rotatable bonds is 4. The fourth-order valence-corrected chi connectivity index (χ4v) is 2.49. The molecule has 0 amide bonds. The van der Waals surface area contributed by atoms with Gasteiger partial charge in [-0.15, -0.1) is 0 Å². The smallest absolute Gasteiger partial charge is 0.231 e. The average Bonchev–Trinajstić information content (AvgIpc) is 2.90. The van der Waals surface area contributed by atoms with Gasteiger partial charge in [-0.25, -0.2) is 0 Å². The molecule has 0 radical (unpaired) electrons. The number of halogens is 1. The molecular weight excluding hydrogens is 322 g/mol. The zero-order chi connectivity index (χ0) is 13.9. The lowest BCUT2D eigenvalue weighted by Crippen LogP contribution is -2.12. The van der Waals surface area contributed by atoms with Crippen LogP contribution in [0.2, 0.25) is 0 Å². The molecule has 0 saturated carbocycles. The molecule has 0 aromatic heterocycles. The first-order valence-corrected chi connectivity index (χ1v) is 7.08. The van der Waals surface area contributed by atoms with Crippen LogP contribution in [-0.4, -0.2) is 11.9 Å². The predicted molar refractivity (Wildman–Crippen MR) is 78.9 cm³/mol. The molecule has 2 aromatic carbocycles. The van der Waals surface area contributed by atoms with Crippen LogP contribution in [-0.2, 0) is 13.1 Å². The van der Waals surface area contributed by atoms with E-state index < -0.39 is 0 Å². The van der Waals surface area contributed by atoms with Crippen molar-refractivity contribution in [2.75, 3.05) is 6.79 Å². The molecule has 0 aliphatic carbocycles. The number of ether oxygens (including phenoxy) is 2. The van der Waals surface area contributed by atoms with Crippen molar-refractivity contribution in [2.24, 2.45) is 0 Å². The number of fused-ring (bicyclic) bond motifs is 1. The van der Waals surface area contributed by atoms with Crippen molar-refractivity contribution in [2.45, 2.75) is 13.1 Å². The summed E-state index contributed by atoms with van der Waals surface area (Å²) in [5.41, 5.74) is 2.25. The number of aromatic hydroxyl groups is 1. The molecule has 0 bridgehead atoms. The number of nitrogens with one attached hydrogen (secondary N) is 1. The van der Waals surface area contributed by atoms with Crippen LogP contribution in [0.25, 0.3) is 0 Å². The van der Waals surface area contributed by atoms with Gasteiger partial charge in [-0.3, -0.25) is 0 Å². The van der Waals surface area contributed by atoms with Gasteiger partial charge in [0.2, 0.25) is 6.79 Å². The van der Waals surface area contributed by atoms with Crippen molar-refractivity contribution in [3.8, 4) is 17.2 Å². The Kier molecular flexibility index (Phi) is 3.80. The number of phenolic OH excluding ortho intramolecular Hbond substituents is 1. The fraction of sp³-hybridized carbons (Fsp3) is 0.200. The van der Waals surface area contributed by atoms with E-state index in [1.165, 1.54) is 0 Å². The molecule has 0 atom stereocenters. The molecule has 1 aliphatic heterocycles. The third kappa shape index (κ3) is 2.89. The Morgan fingerprint density at radius 2 is 1.70 bits per heavy atom. The van der Waals surface area contributed by atoms with E-state index in [2.05, 4.69) is 21.2 Å². The lowest BCUT2D eigenvalue weighted by molar-refractivity contribution is 0.174. The molecular formula is C15H14BrNO3. The van der Waals surface area contributed by atoms with Gasteiger partial charge in [-0.1, -0.05) is 12.1 Å². The van der Waals surface area contributed by atoms with Crippen LogP contribution >= 0.6 is 15.9 Å². The second kappa shape index (κ2) is 5.73. The van der Waals surface area contributed by atoms with Gasteiger partial charge in [0.1, 0.15) is 5.75 Å². The van der Waals surface area contributed by atoms with Crippen LogP contribution in [0.15, 0.2) is 40.9 Å². The summed E-state index contributed by atoms with van der Waals surface area (Å²) in [6.45, 7) is 1.77. The Bertz CT molecular complexity index is 631. The molecule has 0 spiro atoms. The van der Waals surface area contributed by atoms with Gasteiger partial charge < -0.3 is 19.9 Å². The third-order valence-corrected chi connectivity index (χ3v) is 3.74. The Morgan fingerprint density at radius 1 is 1.00 bits per heavy atom. The lowest BCUT2D eigenvalue weighted by Gasteiger charge is -2.07. The zero-order valence-corrected chi connectivity index (χ0v) is 12.3. The van der Waals surface area contributed by atoms with E-state index in [4.69, 9.17) is 9.47 Å².